The van der Waals surface area contributed by atoms with Gasteiger partial charge in [-0.1, -0.05) is 38.5 Å². The first-order valence-corrected chi connectivity index (χ1v) is 46.5. The maximum Gasteiger partial charge on any atom is 0.472 e. The number of unbranched alkanes of at least 4 members (excludes halogenated alkanes) is 12. The Morgan fingerprint density at radius 2 is 0.612 bits per heavy atom. The molecule has 40 nitrogen and oxygen atoms in total. The number of carbonyl (C=O) groups is 9. The first kappa shape index (κ1) is 108. The molecule has 17 atom stereocenters. The van der Waals surface area contributed by atoms with Crippen molar-refractivity contribution >= 4 is 68.8 Å². The van der Waals surface area contributed by atoms with Gasteiger partial charge in [0.25, 0.3) is 0 Å². The topological polar surface area (TPSA) is 586 Å². The van der Waals surface area contributed by atoms with Gasteiger partial charge in [-0.3, -0.25) is 61.2 Å². The van der Waals surface area contributed by atoms with Gasteiger partial charge in [-0.15, -0.1) is 0 Å². The minimum atomic E-state index is -4.84. The lowest BCUT2D eigenvalue weighted by molar-refractivity contribution is -0.142. The third kappa shape index (κ3) is 44.3. The van der Waals surface area contributed by atoms with E-state index in [-0.39, 0.29) is 179 Å². The van der Waals surface area contributed by atoms with E-state index < -0.39 is 163 Å². The van der Waals surface area contributed by atoms with Crippen LogP contribution in [0.4, 0.5) is 0 Å². The van der Waals surface area contributed by atoms with E-state index in [0.29, 0.717) is 135 Å². The molecule has 0 heterocycles. The van der Waals surface area contributed by atoms with E-state index in [2.05, 4.69) is 31.9 Å². The Hall–Kier alpha value is -5.11. The predicted molar refractivity (Wildman–Crippen MR) is 437 cm³/mol. The van der Waals surface area contributed by atoms with Crippen molar-refractivity contribution in [1.82, 2.24) is 46.6 Å². The van der Waals surface area contributed by atoms with Crippen LogP contribution in [0.5, 0.6) is 0 Å². The number of amides is 9. The minimum Gasteiger partial charge on any atom is -0.396 e. The van der Waals surface area contributed by atoms with E-state index in [1.165, 1.54) is 35.5 Å². The number of rotatable bonds is 67. The van der Waals surface area contributed by atoms with Gasteiger partial charge in [0.15, 0.2) is 0 Å². The van der Waals surface area contributed by atoms with Gasteiger partial charge in [0.2, 0.25) is 53.2 Å². The molecule has 0 aromatic rings. The van der Waals surface area contributed by atoms with Gasteiger partial charge in [0, 0.05) is 176 Å². The lowest BCUT2D eigenvalue weighted by atomic mass is 9.79. The van der Waals surface area contributed by atoms with E-state index in [0.717, 1.165) is 19.3 Å². The Morgan fingerprint density at radius 3 is 0.876 bits per heavy atom. The first-order valence-electron chi connectivity index (χ1n) is 43.5. The van der Waals surface area contributed by atoms with Crippen LogP contribution in [0.15, 0.2) is 0 Å². The molecule has 4 aliphatic rings. The Bertz CT molecular complexity index is 3090. The van der Waals surface area contributed by atoms with Gasteiger partial charge < -0.3 is 126 Å². The summed E-state index contributed by atoms with van der Waals surface area (Å²) in [6, 6.07) is -2.53. The first-order chi connectivity index (χ1) is 57.8. The molecular formula is C79H145N9O31P2. The largest absolute Gasteiger partial charge is 0.472 e. The summed E-state index contributed by atoms with van der Waals surface area (Å²) < 4.78 is 71.3. The number of aliphatic hydroxyl groups is 10. The summed E-state index contributed by atoms with van der Waals surface area (Å²) in [5, 5.41) is 118. The molecule has 42 heteroatoms. The summed E-state index contributed by atoms with van der Waals surface area (Å²) in [7, 11) is -9.68. The van der Waals surface area contributed by atoms with Crippen LogP contribution in [0, 0.1) is 17.8 Å². The zero-order valence-corrected chi connectivity index (χ0v) is 72.9. The second kappa shape index (κ2) is 61.3. The third-order valence-corrected chi connectivity index (χ3v) is 24.2. The van der Waals surface area contributed by atoms with Gasteiger partial charge in [0.1, 0.15) is 18.3 Å². The normalized spacial score (nSPS) is 24.6. The number of carbonyl (C=O) groups excluding carboxylic acids is 9. The molecule has 0 saturated heterocycles. The average Bonchev–Trinajstić information content (AvgIpc) is 0.817. The van der Waals surface area contributed by atoms with Crippen LogP contribution < -0.4 is 31.9 Å². The molecule has 0 spiro atoms. The van der Waals surface area contributed by atoms with Gasteiger partial charge in [-0.2, -0.15) is 0 Å². The smallest absolute Gasteiger partial charge is 0.396 e. The van der Waals surface area contributed by atoms with Crippen molar-refractivity contribution in [2.45, 2.75) is 293 Å². The Kier molecular flexibility index (Phi) is 54.8. The van der Waals surface area contributed by atoms with E-state index in [4.69, 9.17) is 37.0 Å². The molecule has 0 bridgehead atoms. The fraction of sp³-hybridized carbons (Fsp3) is 0.886. The average molecular weight is 1780 g/mol. The van der Waals surface area contributed by atoms with E-state index >= 15 is 0 Å². The lowest BCUT2D eigenvalue weighted by Crippen LogP contribution is -2.61. The van der Waals surface area contributed by atoms with Gasteiger partial charge in [-0.25, -0.2) is 9.13 Å². The number of ether oxygens (including phenoxy) is 4. The minimum absolute atomic E-state index is 0.0518. The quantitative estimate of drug-likeness (QED) is 0.0279. The standard InChI is InChI=1S/C79H145N9O31P2/c1-55(93)83-71-62(49-58(52-90)74(102)77(71)105)113-41-19-7-10-25-65(96)80-31-16-4-13-28-68(99)86(34-40-89)36-45-116-120(108,109)118-47-38-88(70(101)30-15-6-18-33-82-67(98)27-12-9-21-43-115-64-51-60(54-92)76(104)79(107)73(64)85-57(3)95)39-48-119-121(110,111)117-46-37-87(35-44-112-61-23-22-24-61)69(100)29-14-5-17-32-81-66(97)26-11-8-20-42-114-63-50-59(53-91)75(103)78(106)72(63)84-56(2)94/h58-64,71-79,89-92,102-107H,4-54H2,1-3H3,(H,80,96)(H,81,97)(H,82,98)(H,83,93)(H,84,94)(H,85,95)(H,108,109)(H,110,111). The molecule has 4 fully saturated rings. The highest BCUT2D eigenvalue weighted by Crippen LogP contribution is 2.44. The van der Waals surface area contributed by atoms with Crippen LogP contribution in [0.3, 0.4) is 0 Å². The molecule has 0 aromatic heterocycles. The predicted octanol–water partition coefficient (Wildman–Crippen LogP) is -0.117. The van der Waals surface area contributed by atoms with E-state index in [1.54, 1.807) is 0 Å². The van der Waals surface area contributed by atoms with Crippen LogP contribution in [0.1, 0.15) is 213 Å². The molecule has 4 saturated carbocycles. The highest BCUT2D eigenvalue weighted by atomic mass is 31.2. The van der Waals surface area contributed by atoms with Gasteiger partial charge in [0.05, 0.1) is 100 Å². The molecule has 0 aliphatic heterocycles. The van der Waals surface area contributed by atoms with Gasteiger partial charge >= 0.3 is 15.6 Å². The Balaban J connectivity index is 1.20. The second-order valence-corrected chi connectivity index (χ2v) is 34.8. The SMILES string of the molecule is CC(=O)NC1C(OCCCCCC(=O)NCCCCCC(=O)N(CCO)CCOP(=O)(O)OCCN(CCOP(=O)(O)OCCN(CCOC2CCC2)C(=O)CCCCCNC(=O)CCCCCOC2CC(CO)C(O)C(O)C2NC(C)=O)C(=O)CCCCCNC(=O)CCCCCOC2CC(CO)C(O)C(O)C2NC(C)=O)CC(CO)C(O)C1O. The van der Waals surface area contributed by atoms with Crippen molar-refractivity contribution in [3.8, 4) is 0 Å². The molecule has 121 heavy (non-hydrogen) atoms. The summed E-state index contributed by atoms with van der Waals surface area (Å²) >= 11 is 0. The molecule has 17 unspecified atom stereocenters. The molecule has 702 valence electrons. The molecular weight excluding hydrogens is 1630 g/mol. The highest BCUT2D eigenvalue weighted by molar-refractivity contribution is 7.47. The van der Waals surface area contributed by atoms with Crippen LogP contribution in [-0.2, 0) is 89.3 Å². The Labute approximate surface area is 711 Å². The molecule has 9 amide bonds. The maximum absolute atomic E-state index is 13.8. The number of nitrogens with zero attached hydrogens (tertiary/aromatic N) is 3. The lowest BCUT2D eigenvalue weighted by Gasteiger charge is -2.42. The molecule has 4 aliphatic carbocycles. The number of phosphoric acid groups is 2. The maximum atomic E-state index is 13.8. The Morgan fingerprint density at radius 1 is 0.339 bits per heavy atom. The summed E-state index contributed by atoms with van der Waals surface area (Å²) in [5.74, 6) is -4.61. The zero-order chi connectivity index (χ0) is 89.1. The van der Waals surface area contributed by atoms with Crippen molar-refractivity contribution < 1.29 is 150 Å². The number of nitrogens with one attached hydrogen (secondary N) is 6. The molecule has 18 N–H and O–H groups in total. The van der Waals surface area contributed by atoms with Crippen molar-refractivity contribution in [3.05, 3.63) is 0 Å². The van der Waals surface area contributed by atoms with Gasteiger partial charge in [-0.05, 0) is 116 Å². The highest BCUT2D eigenvalue weighted by Gasteiger charge is 2.47. The van der Waals surface area contributed by atoms with Crippen molar-refractivity contribution in [2.75, 3.05) is 138 Å². The molecule has 0 radical (unpaired) electrons. The fourth-order valence-corrected chi connectivity index (χ4v) is 16.4. The summed E-state index contributed by atoms with van der Waals surface area (Å²) in [6.07, 6.45) is 5.04. The second-order valence-electron chi connectivity index (χ2n) is 31.9. The van der Waals surface area contributed by atoms with Crippen molar-refractivity contribution in [1.29, 1.82) is 0 Å². The number of hydrogen-bond donors (Lipinski definition) is 18. The van der Waals surface area contributed by atoms with Crippen LogP contribution in [0.2, 0.25) is 0 Å². The monoisotopic (exact) mass is 1780 g/mol. The number of hydrogen-bond acceptors (Lipinski definition) is 29. The van der Waals surface area contributed by atoms with Crippen molar-refractivity contribution in [3.63, 3.8) is 0 Å². The van der Waals surface area contributed by atoms with Crippen molar-refractivity contribution in [2.24, 2.45) is 17.8 Å². The summed E-state index contributed by atoms with van der Waals surface area (Å²) in [5.41, 5.74) is 0. The molecule has 0 aromatic carbocycles. The fourth-order valence-electron chi connectivity index (χ4n) is 15.0. The van der Waals surface area contributed by atoms with Crippen LogP contribution in [0.25, 0.3) is 0 Å². The van der Waals surface area contributed by atoms with E-state index in [9.17, 15) is 113 Å². The zero-order valence-electron chi connectivity index (χ0n) is 71.2. The summed E-state index contributed by atoms with van der Waals surface area (Å²) in [6.45, 7) is 1.61. The number of aliphatic hydroxyl groups excluding tert-OH is 10. The summed E-state index contributed by atoms with van der Waals surface area (Å²) in [4.78, 5) is 139. The number of phosphoric ester groups is 2. The van der Waals surface area contributed by atoms with Crippen LogP contribution >= 0.6 is 15.6 Å². The third-order valence-electron chi connectivity index (χ3n) is 22.2. The van der Waals surface area contributed by atoms with E-state index in [1.807, 2.05) is 0 Å². The van der Waals surface area contributed by atoms with Crippen LogP contribution in [-0.4, -0.2) is 346 Å². The molecule has 4 rings (SSSR count).